The van der Waals surface area contributed by atoms with Crippen LogP contribution in [0.5, 0.6) is 0 Å². The summed E-state index contributed by atoms with van der Waals surface area (Å²) in [5, 5.41) is 9.06. The standard InChI is InChI=1S/C20H19N5S/c1-2-4-14(5-3-1)8-17-12-26-20(24-17)15-6-7-18(9-15)25-19-16(11-23-25)10-21-13-22-19/h1-5,10-13,15,18H,6-9H2/t15-,18-/m0/s1. The van der Waals surface area contributed by atoms with E-state index in [-0.39, 0.29) is 0 Å². The highest BCUT2D eigenvalue weighted by atomic mass is 32.1. The maximum Gasteiger partial charge on any atom is 0.161 e. The molecule has 5 rings (SSSR count). The summed E-state index contributed by atoms with van der Waals surface area (Å²) in [6.07, 6.45) is 9.57. The van der Waals surface area contributed by atoms with E-state index in [9.17, 15) is 0 Å². The monoisotopic (exact) mass is 361 g/mol. The number of benzene rings is 1. The molecule has 6 heteroatoms. The van der Waals surface area contributed by atoms with Crippen LogP contribution in [0.15, 0.2) is 54.4 Å². The first kappa shape index (κ1) is 15.6. The van der Waals surface area contributed by atoms with Crippen molar-refractivity contribution < 1.29 is 0 Å². The Kier molecular flexibility index (Phi) is 3.97. The summed E-state index contributed by atoms with van der Waals surface area (Å²) in [4.78, 5) is 13.4. The molecule has 1 aromatic carbocycles. The van der Waals surface area contributed by atoms with Gasteiger partial charge in [-0.05, 0) is 24.8 Å². The lowest BCUT2D eigenvalue weighted by molar-refractivity contribution is 0.472. The molecule has 0 aliphatic heterocycles. The molecule has 1 aliphatic rings. The van der Waals surface area contributed by atoms with E-state index < -0.39 is 0 Å². The lowest BCUT2D eigenvalue weighted by atomic mass is 10.1. The number of fused-ring (bicyclic) bond motifs is 1. The van der Waals surface area contributed by atoms with E-state index in [0.29, 0.717) is 12.0 Å². The van der Waals surface area contributed by atoms with Gasteiger partial charge in [0.1, 0.15) is 6.33 Å². The summed E-state index contributed by atoms with van der Waals surface area (Å²) in [6.45, 7) is 0. The Bertz CT molecular complexity index is 1020. The minimum atomic E-state index is 0.397. The molecule has 0 radical (unpaired) electrons. The average Bonchev–Trinajstić information content (AvgIpc) is 3.41. The summed E-state index contributed by atoms with van der Waals surface area (Å²) in [5.41, 5.74) is 3.43. The highest BCUT2D eigenvalue weighted by Gasteiger charge is 2.30. The molecule has 26 heavy (non-hydrogen) atoms. The van der Waals surface area contributed by atoms with E-state index in [0.717, 1.165) is 36.7 Å². The molecular weight excluding hydrogens is 342 g/mol. The van der Waals surface area contributed by atoms with Crippen molar-refractivity contribution in [1.29, 1.82) is 0 Å². The molecular formula is C20H19N5S. The summed E-state index contributed by atoms with van der Waals surface area (Å²) >= 11 is 1.80. The normalized spacial score (nSPS) is 20.0. The molecule has 0 amide bonds. The van der Waals surface area contributed by atoms with Crippen LogP contribution in [0.4, 0.5) is 0 Å². The molecule has 2 atom stereocenters. The van der Waals surface area contributed by atoms with E-state index in [1.165, 1.54) is 16.3 Å². The van der Waals surface area contributed by atoms with Crippen LogP contribution in [0.1, 0.15) is 47.5 Å². The van der Waals surface area contributed by atoms with E-state index in [1.807, 2.05) is 12.4 Å². The first-order valence-corrected chi connectivity index (χ1v) is 9.86. The summed E-state index contributed by atoms with van der Waals surface area (Å²) in [7, 11) is 0. The van der Waals surface area contributed by atoms with Gasteiger partial charge in [0, 0.05) is 23.9 Å². The zero-order valence-corrected chi connectivity index (χ0v) is 15.1. The fourth-order valence-corrected chi connectivity index (χ4v) is 4.83. The second-order valence-electron chi connectivity index (χ2n) is 6.89. The summed E-state index contributed by atoms with van der Waals surface area (Å²) in [6, 6.07) is 10.9. The number of nitrogens with zero attached hydrogens (tertiary/aromatic N) is 5. The van der Waals surface area contributed by atoms with Crippen LogP contribution >= 0.6 is 11.3 Å². The second-order valence-corrected chi connectivity index (χ2v) is 7.78. The van der Waals surface area contributed by atoms with Gasteiger partial charge in [0.2, 0.25) is 0 Å². The van der Waals surface area contributed by atoms with Gasteiger partial charge in [-0.2, -0.15) is 5.10 Å². The molecule has 130 valence electrons. The first-order valence-electron chi connectivity index (χ1n) is 8.98. The lowest BCUT2D eigenvalue weighted by Gasteiger charge is -2.11. The minimum Gasteiger partial charge on any atom is -0.246 e. The van der Waals surface area contributed by atoms with Crippen LogP contribution in [0.25, 0.3) is 11.0 Å². The van der Waals surface area contributed by atoms with Crippen molar-refractivity contribution in [3.63, 3.8) is 0 Å². The number of rotatable bonds is 4. The van der Waals surface area contributed by atoms with Crippen LogP contribution in [-0.2, 0) is 6.42 Å². The number of hydrogen-bond donors (Lipinski definition) is 0. The van der Waals surface area contributed by atoms with Gasteiger partial charge >= 0.3 is 0 Å². The quantitative estimate of drug-likeness (QED) is 0.541. The van der Waals surface area contributed by atoms with E-state index in [2.05, 4.69) is 55.5 Å². The minimum absolute atomic E-state index is 0.397. The molecule has 1 aliphatic carbocycles. The maximum absolute atomic E-state index is 4.93. The van der Waals surface area contributed by atoms with Gasteiger partial charge < -0.3 is 0 Å². The van der Waals surface area contributed by atoms with Gasteiger partial charge in [-0.1, -0.05) is 30.3 Å². The molecule has 1 fully saturated rings. The fourth-order valence-electron chi connectivity index (χ4n) is 3.86. The van der Waals surface area contributed by atoms with Gasteiger partial charge in [-0.15, -0.1) is 11.3 Å². The summed E-state index contributed by atoms with van der Waals surface area (Å²) < 4.78 is 2.08. The predicted molar refractivity (Wildman–Crippen MR) is 102 cm³/mol. The van der Waals surface area contributed by atoms with Gasteiger partial charge in [-0.3, -0.25) is 0 Å². The molecule has 0 unspecified atom stereocenters. The van der Waals surface area contributed by atoms with Crippen LogP contribution < -0.4 is 0 Å². The Morgan fingerprint density at radius 2 is 2.04 bits per heavy atom. The van der Waals surface area contributed by atoms with E-state index in [4.69, 9.17) is 4.98 Å². The molecule has 1 saturated carbocycles. The van der Waals surface area contributed by atoms with Crippen molar-refractivity contribution in [3.05, 3.63) is 70.7 Å². The summed E-state index contributed by atoms with van der Waals surface area (Å²) in [5.74, 6) is 0.524. The third kappa shape index (κ3) is 2.90. The van der Waals surface area contributed by atoms with E-state index in [1.54, 1.807) is 17.7 Å². The Labute approximate surface area is 155 Å². The Morgan fingerprint density at radius 3 is 2.96 bits per heavy atom. The second kappa shape index (κ2) is 6.61. The lowest BCUT2D eigenvalue weighted by Crippen LogP contribution is -2.08. The number of aromatic nitrogens is 5. The molecule has 3 aromatic heterocycles. The number of hydrogen-bond acceptors (Lipinski definition) is 5. The van der Waals surface area contributed by atoms with Crippen LogP contribution in [-0.4, -0.2) is 24.7 Å². The molecule has 0 saturated heterocycles. The highest BCUT2D eigenvalue weighted by molar-refractivity contribution is 7.09. The zero-order valence-electron chi connectivity index (χ0n) is 14.3. The molecule has 0 spiro atoms. The predicted octanol–water partition coefficient (Wildman–Crippen LogP) is 4.38. The highest BCUT2D eigenvalue weighted by Crippen LogP contribution is 2.42. The SMILES string of the molecule is c1ccc(Cc2csc([C@H]3CC[C@H](n4ncc5cncnc54)C3)n2)cc1. The molecule has 5 nitrogen and oxygen atoms in total. The van der Waals surface area contributed by atoms with Crippen molar-refractivity contribution >= 4 is 22.4 Å². The maximum atomic E-state index is 4.93. The van der Waals surface area contributed by atoms with E-state index >= 15 is 0 Å². The zero-order chi connectivity index (χ0) is 17.3. The third-order valence-electron chi connectivity index (χ3n) is 5.15. The third-order valence-corrected chi connectivity index (χ3v) is 6.21. The van der Waals surface area contributed by atoms with Crippen molar-refractivity contribution in [2.75, 3.05) is 0 Å². The Balaban J connectivity index is 1.32. The van der Waals surface area contributed by atoms with Gasteiger partial charge in [-0.25, -0.2) is 19.6 Å². The molecule has 4 aromatic rings. The van der Waals surface area contributed by atoms with Crippen molar-refractivity contribution in [2.24, 2.45) is 0 Å². The van der Waals surface area contributed by atoms with Gasteiger partial charge in [0.15, 0.2) is 5.65 Å². The van der Waals surface area contributed by atoms with Crippen molar-refractivity contribution in [2.45, 2.75) is 37.6 Å². The van der Waals surface area contributed by atoms with Gasteiger partial charge in [0.05, 0.1) is 28.3 Å². The Morgan fingerprint density at radius 1 is 1.12 bits per heavy atom. The molecule has 3 heterocycles. The smallest absolute Gasteiger partial charge is 0.161 e. The topological polar surface area (TPSA) is 56.5 Å². The molecule has 0 N–H and O–H groups in total. The van der Waals surface area contributed by atoms with Crippen molar-refractivity contribution in [1.82, 2.24) is 24.7 Å². The van der Waals surface area contributed by atoms with Crippen molar-refractivity contribution in [3.8, 4) is 0 Å². The Hall–Kier alpha value is -2.60. The number of thiazole rings is 1. The van der Waals surface area contributed by atoms with Crippen LogP contribution in [0.2, 0.25) is 0 Å². The largest absolute Gasteiger partial charge is 0.246 e. The first-order chi connectivity index (χ1) is 12.9. The average molecular weight is 361 g/mol. The fraction of sp³-hybridized carbons (Fsp3) is 0.300. The van der Waals surface area contributed by atoms with Crippen LogP contribution in [0, 0.1) is 0 Å². The molecule has 0 bridgehead atoms. The van der Waals surface area contributed by atoms with Crippen LogP contribution in [0.3, 0.4) is 0 Å². The van der Waals surface area contributed by atoms with Gasteiger partial charge in [0.25, 0.3) is 0 Å².